The van der Waals surface area contributed by atoms with Crippen LogP contribution in [0.1, 0.15) is 20.8 Å². The Bertz CT molecular complexity index is 339. The monoisotopic (exact) mass is 212 g/mol. The van der Waals surface area contributed by atoms with Crippen LogP contribution in [0.2, 0.25) is 0 Å². The lowest BCUT2D eigenvalue weighted by Crippen LogP contribution is -2.21. The van der Waals surface area contributed by atoms with Gasteiger partial charge in [-0.25, -0.2) is 0 Å². The lowest BCUT2D eigenvalue weighted by atomic mass is 10.3. The summed E-state index contributed by atoms with van der Waals surface area (Å²) in [6, 6.07) is 7.40. The van der Waals surface area contributed by atoms with Gasteiger partial charge in [0.25, 0.3) is 0 Å². The maximum absolute atomic E-state index is 12.0. The fraction of sp³-hybridized carbons (Fsp3) is 0.455. The first-order valence-electron chi connectivity index (χ1n) is 4.51. The number of ether oxygens (including phenoxy) is 1. The zero-order chi connectivity index (χ0) is 10.8. The third kappa shape index (κ3) is 2.58. The van der Waals surface area contributed by atoms with Crippen molar-refractivity contribution in [1.29, 1.82) is 0 Å². The second-order valence-electron chi connectivity index (χ2n) is 4.06. The summed E-state index contributed by atoms with van der Waals surface area (Å²) in [5, 5.41) is 0. The molecule has 0 saturated heterocycles. The zero-order valence-electron chi connectivity index (χ0n) is 9.03. The maximum atomic E-state index is 12.0. The van der Waals surface area contributed by atoms with E-state index in [1.54, 1.807) is 7.11 Å². The molecule has 1 aromatic rings. The quantitative estimate of drug-likeness (QED) is 0.753. The van der Waals surface area contributed by atoms with Gasteiger partial charge in [0, 0.05) is 9.64 Å². The van der Waals surface area contributed by atoms with Crippen LogP contribution in [0.25, 0.3) is 0 Å². The van der Waals surface area contributed by atoms with E-state index in [1.165, 1.54) is 0 Å². The zero-order valence-corrected chi connectivity index (χ0v) is 9.85. The van der Waals surface area contributed by atoms with Gasteiger partial charge in [-0.1, -0.05) is 6.07 Å². The average molecular weight is 212 g/mol. The van der Waals surface area contributed by atoms with E-state index in [-0.39, 0.29) is 4.75 Å². The van der Waals surface area contributed by atoms with Gasteiger partial charge in [0.2, 0.25) is 0 Å². The Hall–Kier alpha value is -0.830. The Morgan fingerprint density at radius 1 is 1.29 bits per heavy atom. The van der Waals surface area contributed by atoms with Gasteiger partial charge in [-0.05, 0) is 39.0 Å². The van der Waals surface area contributed by atoms with Crippen molar-refractivity contribution >= 4 is 10.8 Å². The van der Waals surface area contributed by atoms with Crippen LogP contribution in [-0.2, 0) is 10.8 Å². The smallest absolute Gasteiger partial charge is 0.120 e. The molecule has 0 N–H and O–H groups in total. The minimum absolute atomic E-state index is 0.230. The highest BCUT2D eigenvalue weighted by Gasteiger charge is 2.21. The van der Waals surface area contributed by atoms with E-state index < -0.39 is 10.8 Å². The van der Waals surface area contributed by atoms with Crippen LogP contribution in [-0.4, -0.2) is 16.1 Å². The molecule has 1 atom stereocenters. The summed E-state index contributed by atoms with van der Waals surface area (Å²) < 4.78 is 16.8. The van der Waals surface area contributed by atoms with Crippen molar-refractivity contribution in [2.24, 2.45) is 0 Å². The van der Waals surface area contributed by atoms with Crippen molar-refractivity contribution in [3.05, 3.63) is 24.3 Å². The Kier molecular flexibility index (Phi) is 3.32. The molecule has 0 radical (unpaired) electrons. The second kappa shape index (κ2) is 4.13. The third-order valence-electron chi connectivity index (χ3n) is 1.81. The molecule has 14 heavy (non-hydrogen) atoms. The minimum Gasteiger partial charge on any atom is -0.497 e. The summed E-state index contributed by atoms with van der Waals surface area (Å²) in [6.07, 6.45) is 0. The lowest BCUT2D eigenvalue weighted by Gasteiger charge is -2.17. The van der Waals surface area contributed by atoms with Crippen LogP contribution in [0, 0.1) is 0 Å². The first-order chi connectivity index (χ1) is 6.45. The van der Waals surface area contributed by atoms with Crippen molar-refractivity contribution in [1.82, 2.24) is 0 Å². The molecule has 0 fully saturated rings. The van der Waals surface area contributed by atoms with Crippen LogP contribution in [0.3, 0.4) is 0 Å². The molecule has 0 saturated carbocycles. The number of hydrogen-bond donors (Lipinski definition) is 0. The number of hydrogen-bond acceptors (Lipinski definition) is 2. The van der Waals surface area contributed by atoms with Crippen LogP contribution in [0.5, 0.6) is 5.75 Å². The predicted octanol–water partition coefficient (Wildman–Crippen LogP) is 2.60. The van der Waals surface area contributed by atoms with Gasteiger partial charge in [0.05, 0.1) is 17.9 Å². The molecule has 0 aliphatic heterocycles. The molecule has 0 aliphatic carbocycles. The van der Waals surface area contributed by atoms with Gasteiger partial charge >= 0.3 is 0 Å². The van der Waals surface area contributed by atoms with Crippen molar-refractivity contribution in [2.45, 2.75) is 30.4 Å². The molecular formula is C11H16O2S. The molecule has 0 bridgehead atoms. The standard InChI is InChI=1S/C11H16O2S/c1-11(2,3)14(12)10-7-5-6-9(8-10)13-4/h5-8H,1-4H3. The predicted molar refractivity (Wildman–Crippen MR) is 59.2 cm³/mol. The fourth-order valence-corrected chi connectivity index (χ4v) is 2.20. The lowest BCUT2D eigenvalue weighted by molar-refractivity contribution is 0.413. The summed E-state index contributed by atoms with van der Waals surface area (Å²) in [5.41, 5.74) is 0. The van der Waals surface area contributed by atoms with E-state index in [9.17, 15) is 4.21 Å². The highest BCUT2D eigenvalue weighted by Crippen LogP contribution is 2.23. The van der Waals surface area contributed by atoms with Gasteiger partial charge in [0.15, 0.2) is 0 Å². The molecule has 78 valence electrons. The van der Waals surface area contributed by atoms with E-state index in [1.807, 2.05) is 45.0 Å². The Morgan fingerprint density at radius 3 is 2.43 bits per heavy atom. The van der Waals surface area contributed by atoms with Gasteiger partial charge in [-0.15, -0.1) is 0 Å². The van der Waals surface area contributed by atoms with Crippen LogP contribution >= 0.6 is 0 Å². The van der Waals surface area contributed by atoms with E-state index in [2.05, 4.69) is 0 Å². The average Bonchev–Trinajstić information content (AvgIpc) is 2.15. The van der Waals surface area contributed by atoms with E-state index in [4.69, 9.17) is 4.74 Å². The molecule has 0 aromatic heterocycles. The first-order valence-corrected chi connectivity index (χ1v) is 5.66. The summed E-state index contributed by atoms with van der Waals surface area (Å²) in [6.45, 7) is 5.88. The number of methoxy groups -OCH3 is 1. The number of rotatable bonds is 2. The topological polar surface area (TPSA) is 26.3 Å². The van der Waals surface area contributed by atoms with E-state index in [0.717, 1.165) is 10.6 Å². The van der Waals surface area contributed by atoms with Gasteiger partial charge < -0.3 is 4.74 Å². The molecule has 2 nitrogen and oxygen atoms in total. The van der Waals surface area contributed by atoms with Crippen LogP contribution < -0.4 is 4.74 Å². The molecular weight excluding hydrogens is 196 g/mol. The highest BCUT2D eigenvalue weighted by atomic mass is 32.2. The van der Waals surface area contributed by atoms with Crippen LogP contribution in [0.15, 0.2) is 29.2 Å². The van der Waals surface area contributed by atoms with E-state index >= 15 is 0 Å². The molecule has 0 heterocycles. The first kappa shape index (κ1) is 11.2. The minimum atomic E-state index is -0.993. The van der Waals surface area contributed by atoms with Crippen LogP contribution in [0.4, 0.5) is 0 Å². The third-order valence-corrected chi connectivity index (χ3v) is 3.61. The molecule has 0 amide bonds. The normalized spacial score (nSPS) is 13.7. The highest BCUT2D eigenvalue weighted by molar-refractivity contribution is 7.86. The van der Waals surface area contributed by atoms with Gasteiger partial charge in [0.1, 0.15) is 5.75 Å². The maximum Gasteiger partial charge on any atom is 0.120 e. The second-order valence-corrected chi connectivity index (χ2v) is 6.29. The fourth-order valence-electron chi connectivity index (χ4n) is 1.07. The van der Waals surface area contributed by atoms with Crippen molar-refractivity contribution in [3.63, 3.8) is 0 Å². The summed E-state index contributed by atoms with van der Waals surface area (Å²) in [4.78, 5) is 0.817. The van der Waals surface area contributed by atoms with E-state index in [0.29, 0.717) is 0 Å². The van der Waals surface area contributed by atoms with Gasteiger partial charge in [-0.3, -0.25) is 4.21 Å². The van der Waals surface area contributed by atoms with Crippen molar-refractivity contribution < 1.29 is 8.95 Å². The van der Waals surface area contributed by atoms with Crippen molar-refractivity contribution in [2.75, 3.05) is 7.11 Å². The summed E-state index contributed by atoms with van der Waals surface area (Å²) in [5.74, 6) is 0.750. The SMILES string of the molecule is COc1cccc(S(=O)C(C)(C)C)c1. The van der Waals surface area contributed by atoms with Crippen molar-refractivity contribution in [3.8, 4) is 5.75 Å². The molecule has 0 aliphatic rings. The number of benzene rings is 1. The summed E-state index contributed by atoms with van der Waals surface area (Å²) >= 11 is 0. The molecule has 1 rings (SSSR count). The molecule has 1 aromatic carbocycles. The molecule has 1 unspecified atom stereocenters. The Labute approximate surface area is 87.7 Å². The molecule has 0 spiro atoms. The van der Waals surface area contributed by atoms with Gasteiger partial charge in [-0.2, -0.15) is 0 Å². The summed E-state index contributed by atoms with van der Waals surface area (Å²) in [7, 11) is 0.618. The Morgan fingerprint density at radius 2 is 1.93 bits per heavy atom. The molecule has 3 heteroatoms. The largest absolute Gasteiger partial charge is 0.497 e. The Balaban J connectivity index is 3.02.